The Morgan fingerprint density at radius 3 is 2.71 bits per heavy atom. The zero-order valence-electron chi connectivity index (χ0n) is 13.8. The predicted molar refractivity (Wildman–Crippen MR) is 94.1 cm³/mol. The molecular formula is C17H23BrN2O4. The van der Waals surface area contributed by atoms with Crippen LogP contribution in [-0.2, 0) is 9.59 Å². The maximum absolute atomic E-state index is 12.3. The Labute approximate surface area is 150 Å². The molecule has 24 heavy (non-hydrogen) atoms. The first-order valence-electron chi connectivity index (χ1n) is 8.06. The molecule has 1 aliphatic heterocycles. The van der Waals surface area contributed by atoms with Crippen molar-refractivity contribution in [3.05, 3.63) is 28.7 Å². The predicted octanol–water partition coefficient (Wildman–Crippen LogP) is 2.23. The van der Waals surface area contributed by atoms with Crippen LogP contribution in [0.25, 0.3) is 0 Å². The summed E-state index contributed by atoms with van der Waals surface area (Å²) < 4.78 is 6.59. The highest BCUT2D eigenvalue weighted by molar-refractivity contribution is 9.10. The van der Waals surface area contributed by atoms with Gasteiger partial charge in [-0.25, -0.2) is 0 Å². The number of carboxylic acid groups (broad SMARTS) is 1. The van der Waals surface area contributed by atoms with Gasteiger partial charge in [0.2, 0.25) is 5.91 Å². The summed E-state index contributed by atoms with van der Waals surface area (Å²) in [5.74, 6) is -0.174. The standard InChI is InChI=1S/C17H23BrN2O4/c1-19(10-11-24-14-7-5-13(18)6-8-14)16(21)12-20-9-3-2-4-15(20)17(22)23/h5-8,15H,2-4,9-12H2,1H3,(H,22,23). The van der Waals surface area contributed by atoms with Crippen molar-refractivity contribution < 1.29 is 19.4 Å². The molecular weight excluding hydrogens is 376 g/mol. The zero-order valence-corrected chi connectivity index (χ0v) is 15.4. The van der Waals surface area contributed by atoms with Gasteiger partial charge in [-0.05, 0) is 43.7 Å². The van der Waals surface area contributed by atoms with Crippen LogP contribution in [0.3, 0.4) is 0 Å². The molecule has 0 aliphatic carbocycles. The van der Waals surface area contributed by atoms with E-state index in [1.807, 2.05) is 24.3 Å². The van der Waals surface area contributed by atoms with E-state index in [-0.39, 0.29) is 12.5 Å². The number of ether oxygens (including phenoxy) is 1. The third-order valence-corrected chi connectivity index (χ3v) is 4.70. The number of aliphatic carboxylic acids is 1. The molecule has 1 heterocycles. The molecule has 6 nitrogen and oxygen atoms in total. The molecule has 1 saturated heterocycles. The summed E-state index contributed by atoms with van der Waals surface area (Å²) in [5.41, 5.74) is 0. The average molecular weight is 399 g/mol. The number of nitrogens with zero attached hydrogens (tertiary/aromatic N) is 2. The van der Waals surface area contributed by atoms with Gasteiger partial charge in [-0.2, -0.15) is 0 Å². The third-order valence-electron chi connectivity index (χ3n) is 4.17. The molecule has 1 fully saturated rings. The molecule has 0 spiro atoms. The Balaban J connectivity index is 1.76. The number of benzene rings is 1. The lowest BCUT2D eigenvalue weighted by atomic mass is 10.0. The lowest BCUT2D eigenvalue weighted by Gasteiger charge is -2.33. The van der Waals surface area contributed by atoms with Crippen molar-refractivity contribution in [2.75, 3.05) is 33.3 Å². The van der Waals surface area contributed by atoms with Crippen molar-refractivity contribution in [3.8, 4) is 5.75 Å². The average Bonchev–Trinajstić information content (AvgIpc) is 2.56. The van der Waals surface area contributed by atoms with Gasteiger partial charge in [-0.15, -0.1) is 0 Å². The minimum Gasteiger partial charge on any atom is -0.492 e. The van der Waals surface area contributed by atoms with Crippen molar-refractivity contribution in [2.24, 2.45) is 0 Å². The number of amides is 1. The number of carbonyl (C=O) groups excluding carboxylic acids is 1. The molecule has 7 heteroatoms. The maximum atomic E-state index is 12.3. The summed E-state index contributed by atoms with van der Waals surface area (Å²) in [6.07, 6.45) is 2.45. The fourth-order valence-corrected chi connectivity index (χ4v) is 2.97. The summed E-state index contributed by atoms with van der Waals surface area (Å²) in [6.45, 7) is 1.66. The monoisotopic (exact) mass is 398 g/mol. The van der Waals surface area contributed by atoms with Gasteiger partial charge in [0, 0.05) is 11.5 Å². The van der Waals surface area contributed by atoms with Gasteiger partial charge in [-0.1, -0.05) is 22.4 Å². The number of carboxylic acids is 1. The topological polar surface area (TPSA) is 70.1 Å². The quantitative estimate of drug-likeness (QED) is 0.762. The summed E-state index contributed by atoms with van der Waals surface area (Å²) in [4.78, 5) is 26.9. The minimum atomic E-state index is -0.844. The van der Waals surface area contributed by atoms with E-state index in [1.54, 1.807) is 16.8 Å². The van der Waals surface area contributed by atoms with E-state index in [9.17, 15) is 14.7 Å². The van der Waals surface area contributed by atoms with Crippen LogP contribution < -0.4 is 4.74 Å². The van der Waals surface area contributed by atoms with Crippen molar-refractivity contribution in [3.63, 3.8) is 0 Å². The SMILES string of the molecule is CN(CCOc1ccc(Br)cc1)C(=O)CN1CCCCC1C(=O)O. The molecule has 132 valence electrons. The Morgan fingerprint density at radius 1 is 1.33 bits per heavy atom. The van der Waals surface area contributed by atoms with Crippen LogP contribution in [0.5, 0.6) is 5.75 Å². The van der Waals surface area contributed by atoms with Gasteiger partial charge in [0.25, 0.3) is 0 Å². The van der Waals surface area contributed by atoms with Crippen molar-refractivity contribution in [1.82, 2.24) is 9.80 Å². The molecule has 1 unspecified atom stereocenters. The fraction of sp³-hybridized carbons (Fsp3) is 0.529. The van der Waals surface area contributed by atoms with Crippen LogP contribution in [0.15, 0.2) is 28.7 Å². The Bertz CT molecular complexity index is 564. The van der Waals surface area contributed by atoms with Crippen LogP contribution in [-0.4, -0.2) is 66.1 Å². The highest BCUT2D eigenvalue weighted by Crippen LogP contribution is 2.17. The minimum absolute atomic E-state index is 0.0810. The molecule has 1 N–H and O–H groups in total. The summed E-state index contributed by atoms with van der Waals surface area (Å²) in [6, 6.07) is 6.96. The maximum Gasteiger partial charge on any atom is 0.320 e. The van der Waals surface area contributed by atoms with E-state index in [4.69, 9.17) is 4.74 Å². The second kappa shape index (κ2) is 9.03. The third kappa shape index (κ3) is 5.49. The largest absolute Gasteiger partial charge is 0.492 e. The number of hydrogen-bond donors (Lipinski definition) is 1. The van der Waals surface area contributed by atoms with Gasteiger partial charge in [-0.3, -0.25) is 14.5 Å². The fourth-order valence-electron chi connectivity index (χ4n) is 2.71. The van der Waals surface area contributed by atoms with Crippen LogP contribution in [0.2, 0.25) is 0 Å². The number of likely N-dealkylation sites (tertiary alicyclic amines) is 1. The molecule has 0 radical (unpaired) electrons. The highest BCUT2D eigenvalue weighted by Gasteiger charge is 2.30. The van der Waals surface area contributed by atoms with E-state index in [0.29, 0.717) is 26.1 Å². The molecule has 1 aromatic carbocycles. The van der Waals surface area contributed by atoms with Crippen LogP contribution in [0, 0.1) is 0 Å². The first-order chi connectivity index (χ1) is 11.5. The van der Waals surface area contributed by atoms with Crippen LogP contribution in [0.4, 0.5) is 0 Å². The normalized spacial score (nSPS) is 18.2. The number of likely N-dealkylation sites (N-methyl/N-ethyl adjacent to an activating group) is 1. The smallest absolute Gasteiger partial charge is 0.320 e. The lowest BCUT2D eigenvalue weighted by molar-refractivity contribution is -0.146. The van der Waals surface area contributed by atoms with Gasteiger partial charge >= 0.3 is 5.97 Å². The molecule has 0 bridgehead atoms. The van der Waals surface area contributed by atoms with Gasteiger partial charge < -0.3 is 14.7 Å². The number of hydrogen-bond acceptors (Lipinski definition) is 4. The number of carbonyl (C=O) groups is 2. The molecule has 1 aromatic rings. The Morgan fingerprint density at radius 2 is 2.04 bits per heavy atom. The first kappa shape index (κ1) is 18.7. The first-order valence-corrected chi connectivity index (χ1v) is 8.86. The summed E-state index contributed by atoms with van der Waals surface area (Å²) in [5, 5.41) is 9.26. The van der Waals surface area contributed by atoms with Crippen LogP contribution >= 0.6 is 15.9 Å². The van der Waals surface area contributed by atoms with E-state index < -0.39 is 12.0 Å². The Kier molecular flexibility index (Phi) is 7.05. The van der Waals surface area contributed by atoms with Crippen molar-refractivity contribution >= 4 is 27.8 Å². The van der Waals surface area contributed by atoms with Crippen molar-refractivity contribution in [1.29, 1.82) is 0 Å². The van der Waals surface area contributed by atoms with Gasteiger partial charge in [0.15, 0.2) is 0 Å². The Hall–Kier alpha value is -1.60. The zero-order chi connectivity index (χ0) is 17.5. The molecule has 0 aromatic heterocycles. The lowest BCUT2D eigenvalue weighted by Crippen LogP contribution is -2.49. The summed E-state index contributed by atoms with van der Waals surface area (Å²) >= 11 is 3.36. The highest BCUT2D eigenvalue weighted by atomic mass is 79.9. The van der Waals surface area contributed by atoms with Gasteiger partial charge in [0.05, 0.1) is 13.1 Å². The number of rotatable bonds is 7. The second-order valence-electron chi connectivity index (χ2n) is 5.94. The molecule has 1 amide bonds. The van der Waals surface area contributed by atoms with E-state index in [1.165, 1.54) is 0 Å². The molecule has 0 saturated carbocycles. The van der Waals surface area contributed by atoms with Crippen molar-refractivity contribution in [2.45, 2.75) is 25.3 Å². The number of halogens is 1. The molecule has 1 atom stereocenters. The van der Waals surface area contributed by atoms with E-state index in [2.05, 4.69) is 15.9 Å². The van der Waals surface area contributed by atoms with Crippen LogP contribution in [0.1, 0.15) is 19.3 Å². The van der Waals surface area contributed by atoms with E-state index in [0.717, 1.165) is 23.1 Å². The summed E-state index contributed by atoms with van der Waals surface area (Å²) in [7, 11) is 1.72. The second-order valence-corrected chi connectivity index (χ2v) is 6.85. The van der Waals surface area contributed by atoms with Gasteiger partial charge in [0.1, 0.15) is 18.4 Å². The number of piperidine rings is 1. The molecule has 2 rings (SSSR count). The molecule has 1 aliphatic rings. The van der Waals surface area contributed by atoms with E-state index >= 15 is 0 Å².